The SMILES string of the molecule is Cc1ccc(CS(=O)(=O)NC[C@H]2CCC[C@@H]2O)cc1F. The molecule has 0 bridgehead atoms. The summed E-state index contributed by atoms with van der Waals surface area (Å²) in [6.45, 7) is 1.88. The number of nitrogens with one attached hydrogen (secondary N) is 1. The topological polar surface area (TPSA) is 66.4 Å². The number of hydrogen-bond acceptors (Lipinski definition) is 3. The Balaban J connectivity index is 1.94. The summed E-state index contributed by atoms with van der Waals surface area (Å²) in [7, 11) is -3.50. The Morgan fingerprint density at radius 2 is 2.15 bits per heavy atom. The van der Waals surface area contributed by atoms with Gasteiger partial charge in [-0.2, -0.15) is 0 Å². The van der Waals surface area contributed by atoms with Crippen LogP contribution in [0.5, 0.6) is 0 Å². The van der Waals surface area contributed by atoms with E-state index in [9.17, 15) is 17.9 Å². The fourth-order valence-corrected chi connectivity index (χ4v) is 3.67. The van der Waals surface area contributed by atoms with Crippen LogP contribution in [0.2, 0.25) is 0 Å². The summed E-state index contributed by atoms with van der Waals surface area (Å²) in [5, 5.41) is 9.66. The molecule has 112 valence electrons. The summed E-state index contributed by atoms with van der Waals surface area (Å²) in [4.78, 5) is 0. The molecule has 1 saturated carbocycles. The highest BCUT2D eigenvalue weighted by atomic mass is 32.2. The van der Waals surface area contributed by atoms with Gasteiger partial charge < -0.3 is 5.11 Å². The molecule has 2 N–H and O–H groups in total. The molecule has 0 saturated heterocycles. The number of benzene rings is 1. The van der Waals surface area contributed by atoms with Crippen LogP contribution in [-0.4, -0.2) is 26.2 Å². The van der Waals surface area contributed by atoms with Gasteiger partial charge in [0.05, 0.1) is 11.9 Å². The molecular formula is C14H20FNO3S. The third-order valence-electron chi connectivity index (χ3n) is 3.78. The van der Waals surface area contributed by atoms with Gasteiger partial charge in [0, 0.05) is 6.54 Å². The fraction of sp³-hybridized carbons (Fsp3) is 0.571. The van der Waals surface area contributed by atoms with E-state index in [4.69, 9.17) is 0 Å². The van der Waals surface area contributed by atoms with Crippen molar-refractivity contribution in [2.24, 2.45) is 5.92 Å². The van der Waals surface area contributed by atoms with Crippen LogP contribution < -0.4 is 4.72 Å². The minimum atomic E-state index is -3.50. The van der Waals surface area contributed by atoms with Gasteiger partial charge in [-0.15, -0.1) is 0 Å². The molecule has 0 amide bonds. The molecule has 4 nitrogen and oxygen atoms in total. The van der Waals surface area contributed by atoms with Crippen molar-refractivity contribution in [3.8, 4) is 0 Å². The van der Waals surface area contributed by atoms with E-state index < -0.39 is 21.9 Å². The van der Waals surface area contributed by atoms with Crippen LogP contribution in [0.1, 0.15) is 30.4 Å². The van der Waals surface area contributed by atoms with E-state index in [0.717, 1.165) is 19.3 Å². The zero-order valence-corrected chi connectivity index (χ0v) is 12.3. The van der Waals surface area contributed by atoms with Gasteiger partial charge >= 0.3 is 0 Å². The maximum Gasteiger partial charge on any atom is 0.215 e. The van der Waals surface area contributed by atoms with Gasteiger partial charge in [-0.1, -0.05) is 18.6 Å². The number of halogens is 1. The maximum absolute atomic E-state index is 13.4. The number of aryl methyl sites for hydroxylation is 1. The van der Waals surface area contributed by atoms with Crippen molar-refractivity contribution in [1.82, 2.24) is 4.72 Å². The Morgan fingerprint density at radius 3 is 2.75 bits per heavy atom. The number of rotatable bonds is 5. The summed E-state index contributed by atoms with van der Waals surface area (Å²) in [5.74, 6) is -0.657. The molecule has 1 aromatic rings. The van der Waals surface area contributed by atoms with Gasteiger partial charge in [-0.3, -0.25) is 0 Å². The molecule has 1 aliphatic carbocycles. The van der Waals surface area contributed by atoms with E-state index >= 15 is 0 Å². The Bertz CT molecular complexity index is 574. The highest BCUT2D eigenvalue weighted by Crippen LogP contribution is 2.25. The van der Waals surface area contributed by atoms with E-state index in [1.807, 2.05) is 0 Å². The van der Waals surface area contributed by atoms with Crippen LogP contribution in [0.3, 0.4) is 0 Å². The van der Waals surface area contributed by atoms with E-state index in [2.05, 4.69) is 4.72 Å². The number of sulfonamides is 1. The lowest BCUT2D eigenvalue weighted by molar-refractivity contribution is 0.134. The first-order valence-corrected chi connectivity index (χ1v) is 8.43. The number of aliphatic hydroxyl groups is 1. The average molecular weight is 301 g/mol. The summed E-state index contributed by atoms with van der Waals surface area (Å²) < 4.78 is 39.8. The Labute approximate surface area is 119 Å². The molecule has 0 unspecified atom stereocenters. The zero-order valence-electron chi connectivity index (χ0n) is 11.5. The number of hydrogen-bond donors (Lipinski definition) is 2. The van der Waals surface area contributed by atoms with Gasteiger partial charge in [0.1, 0.15) is 5.82 Å². The minimum absolute atomic E-state index is 0.0143. The van der Waals surface area contributed by atoms with Crippen LogP contribution in [0, 0.1) is 18.7 Å². The molecule has 0 radical (unpaired) electrons. The van der Waals surface area contributed by atoms with Crippen molar-refractivity contribution >= 4 is 10.0 Å². The quantitative estimate of drug-likeness (QED) is 0.870. The summed E-state index contributed by atoms with van der Waals surface area (Å²) in [5.41, 5.74) is 0.917. The van der Waals surface area contributed by atoms with Crippen LogP contribution in [-0.2, 0) is 15.8 Å². The first-order chi connectivity index (χ1) is 9.37. The first kappa shape index (κ1) is 15.4. The minimum Gasteiger partial charge on any atom is -0.393 e. The molecule has 0 heterocycles. The number of aliphatic hydroxyl groups excluding tert-OH is 1. The molecule has 0 aliphatic heterocycles. The van der Waals surface area contributed by atoms with E-state index in [1.54, 1.807) is 19.1 Å². The molecule has 2 rings (SSSR count). The van der Waals surface area contributed by atoms with Gasteiger partial charge in [0.25, 0.3) is 0 Å². The van der Waals surface area contributed by atoms with Crippen LogP contribution in [0.15, 0.2) is 18.2 Å². The summed E-state index contributed by atoms with van der Waals surface area (Å²) in [6, 6.07) is 4.43. The summed E-state index contributed by atoms with van der Waals surface area (Å²) >= 11 is 0. The molecule has 2 atom stereocenters. The highest BCUT2D eigenvalue weighted by molar-refractivity contribution is 7.88. The van der Waals surface area contributed by atoms with Crippen molar-refractivity contribution in [2.75, 3.05) is 6.54 Å². The Kier molecular flexibility index (Phi) is 4.78. The molecule has 0 spiro atoms. The van der Waals surface area contributed by atoms with Gasteiger partial charge in [-0.25, -0.2) is 17.5 Å². The van der Waals surface area contributed by atoms with Gasteiger partial charge in [0.2, 0.25) is 10.0 Å². The average Bonchev–Trinajstić information content (AvgIpc) is 2.77. The zero-order chi connectivity index (χ0) is 14.8. The standard InChI is InChI=1S/C14H20FNO3S/c1-10-5-6-11(7-13(10)15)9-20(18,19)16-8-12-3-2-4-14(12)17/h5-7,12,14,16-17H,2-4,8-9H2,1H3/t12-,14+/m1/s1. The van der Waals surface area contributed by atoms with E-state index in [-0.39, 0.29) is 18.2 Å². The largest absolute Gasteiger partial charge is 0.393 e. The Morgan fingerprint density at radius 1 is 1.40 bits per heavy atom. The smallest absolute Gasteiger partial charge is 0.215 e. The Hall–Kier alpha value is -0.980. The molecule has 1 fully saturated rings. The molecule has 6 heteroatoms. The van der Waals surface area contributed by atoms with Crippen molar-refractivity contribution in [1.29, 1.82) is 0 Å². The van der Waals surface area contributed by atoms with Gasteiger partial charge in [-0.05, 0) is 42.9 Å². The fourth-order valence-electron chi connectivity index (χ4n) is 2.49. The molecular weight excluding hydrogens is 281 g/mol. The van der Waals surface area contributed by atoms with Crippen LogP contribution >= 0.6 is 0 Å². The monoisotopic (exact) mass is 301 g/mol. The second-order valence-corrected chi connectivity index (χ2v) is 7.26. The highest BCUT2D eigenvalue weighted by Gasteiger charge is 2.26. The molecule has 0 aromatic heterocycles. The summed E-state index contributed by atoms with van der Waals surface area (Å²) in [6.07, 6.45) is 2.07. The van der Waals surface area contributed by atoms with Crippen LogP contribution in [0.4, 0.5) is 4.39 Å². The predicted octanol–water partition coefficient (Wildman–Crippen LogP) is 1.71. The first-order valence-electron chi connectivity index (χ1n) is 6.78. The van der Waals surface area contributed by atoms with Crippen molar-refractivity contribution in [3.05, 3.63) is 35.1 Å². The van der Waals surface area contributed by atoms with Crippen molar-refractivity contribution in [3.63, 3.8) is 0 Å². The van der Waals surface area contributed by atoms with Crippen molar-refractivity contribution < 1.29 is 17.9 Å². The lowest BCUT2D eigenvalue weighted by atomic mass is 10.1. The van der Waals surface area contributed by atoms with Crippen LogP contribution in [0.25, 0.3) is 0 Å². The predicted molar refractivity (Wildman–Crippen MR) is 75.1 cm³/mol. The normalized spacial score (nSPS) is 23.1. The van der Waals surface area contributed by atoms with Crippen molar-refractivity contribution in [2.45, 2.75) is 38.0 Å². The molecule has 1 aromatic carbocycles. The lowest BCUT2D eigenvalue weighted by Crippen LogP contribution is -2.33. The second kappa shape index (κ2) is 6.20. The third-order valence-corrected chi connectivity index (χ3v) is 5.10. The maximum atomic E-state index is 13.4. The molecule has 1 aliphatic rings. The van der Waals surface area contributed by atoms with Gasteiger partial charge in [0.15, 0.2) is 0 Å². The lowest BCUT2D eigenvalue weighted by Gasteiger charge is -2.15. The third kappa shape index (κ3) is 4.01. The van der Waals surface area contributed by atoms with E-state index in [1.165, 1.54) is 6.07 Å². The second-order valence-electron chi connectivity index (χ2n) is 5.45. The molecule has 20 heavy (non-hydrogen) atoms. The van der Waals surface area contributed by atoms with E-state index in [0.29, 0.717) is 11.1 Å².